The van der Waals surface area contributed by atoms with Gasteiger partial charge in [0.25, 0.3) is 5.91 Å². The summed E-state index contributed by atoms with van der Waals surface area (Å²) in [6, 6.07) is 2.22. The van der Waals surface area contributed by atoms with Crippen LogP contribution < -0.4 is 5.69 Å². The van der Waals surface area contributed by atoms with Crippen molar-refractivity contribution in [2.24, 2.45) is 7.05 Å². The van der Waals surface area contributed by atoms with Crippen molar-refractivity contribution in [1.82, 2.24) is 19.2 Å². The van der Waals surface area contributed by atoms with Crippen LogP contribution in [0.5, 0.6) is 0 Å². The maximum atomic E-state index is 12.4. The van der Waals surface area contributed by atoms with Crippen LogP contribution in [0.25, 0.3) is 0 Å². The van der Waals surface area contributed by atoms with E-state index >= 15 is 0 Å². The molecule has 7 heteroatoms. The van der Waals surface area contributed by atoms with Gasteiger partial charge in [-0.1, -0.05) is 0 Å². The molecule has 0 radical (unpaired) electrons. The predicted molar refractivity (Wildman–Crippen MR) is 87.9 cm³/mol. The Kier molecular flexibility index (Phi) is 3.60. The van der Waals surface area contributed by atoms with Crippen LogP contribution >= 0.6 is 11.3 Å². The third-order valence-corrected chi connectivity index (χ3v) is 5.49. The van der Waals surface area contributed by atoms with E-state index in [4.69, 9.17) is 0 Å². The Morgan fingerprint density at radius 1 is 1.26 bits per heavy atom. The third-order valence-electron chi connectivity index (χ3n) is 4.81. The van der Waals surface area contributed by atoms with Crippen LogP contribution in [0.4, 0.5) is 0 Å². The highest BCUT2D eigenvalue weighted by Gasteiger charge is 2.34. The van der Waals surface area contributed by atoms with Crippen LogP contribution in [0.2, 0.25) is 0 Å². The first-order chi connectivity index (χ1) is 11.1. The van der Waals surface area contributed by atoms with Gasteiger partial charge in [-0.05, 0) is 37.1 Å². The summed E-state index contributed by atoms with van der Waals surface area (Å²) < 4.78 is 3.34. The molecule has 0 spiro atoms. The summed E-state index contributed by atoms with van der Waals surface area (Å²) in [6.45, 7) is 1.46. The van der Waals surface area contributed by atoms with Crippen molar-refractivity contribution < 1.29 is 4.79 Å². The van der Waals surface area contributed by atoms with Crippen LogP contribution in [0.15, 0.2) is 21.6 Å². The Balaban J connectivity index is 1.49. The van der Waals surface area contributed by atoms with Crippen molar-refractivity contribution in [3.05, 3.63) is 38.7 Å². The van der Waals surface area contributed by atoms with E-state index in [9.17, 15) is 9.59 Å². The largest absolute Gasteiger partial charge is 0.345 e. The fourth-order valence-corrected chi connectivity index (χ4v) is 3.99. The third kappa shape index (κ3) is 2.63. The fourth-order valence-electron chi connectivity index (χ4n) is 3.36. The number of amides is 1. The van der Waals surface area contributed by atoms with Crippen molar-refractivity contribution in [2.45, 2.75) is 37.6 Å². The van der Waals surface area contributed by atoms with Crippen molar-refractivity contribution in [2.75, 3.05) is 13.1 Å². The number of aryl methyl sites for hydroxylation is 1. The summed E-state index contributed by atoms with van der Waals surface area (Å²) in [6.07, 6.45) is 3.90. The fraction of sp³-hybridized carbons (Fsp3) is 0.562. The molecule has 1 aliphatic carbocycles. The molecule has 4 rings (SSSR count). The molecule has 0 unspecified atom stereocenters. The van der Waals surface area contributed by atoms with E-state index in [-0.39, 0.29) is 17.5 Å². The number of rotatable bonds is 3. The molecule has 0 N–H and O–H groups in total. The van der Waals surface area contributed by atoms with Gasteiger partial charge in [-0.2, -0.15) is 16.4 Å². The van der Waals surface area contributed by atoms with Gasteiger partial charge in [-0.3, -0.25) is 9.36 Å². The zero-order valence-corrected chi connectivity index (χ0v) is 14.0. The first-order valence-electron chi connectivity index (χ1n) is 8.12. The summed E-state index contributed by atoms with van der Waals surface area (Å²) in [5.41, 5.74) is 0.778. The van der Waals surface area contributed by atoms with Crippen LogP contribution in [0.1, 0.15) is 53.8 Å². The Morgan fingerprint density at radius 2 is 2.00 bits per heavy atom. The molecule has 2 aromatic rings. The highest BCUT2D eigenvalue weighted by molar-refractivity contribution is 7.08. The van der Waals surface area contributed by atoms with Crippen LogP contribution in [0.3, 0.4) is 0 Å². The molecular formula is C16H20N4O2S. The van der Waals surface area contributed by atoms with E-state index in [2.05, 4.69) is 5.10 Å². The molecule has 6 nitrogen and oxygen atoms in total. The summed E-state index contributed by atoms with van der Waals surface area (Å²) in [4.78, 5) is 26.6. The number of likely N-dealkylation sites (tertiary alicyclic amines) is 1. The minimum Gasteiger partial charge on any atom is -0.339 e. The number of piperidine rings is 1. The molecule has 1 amide bonds. The second-order valence-corrected chi connectivity index (χ2v) is 7.22. The molecule has 122 valence electrons. The minimum absolute atomic E-state index is 0.000667. The maximum Gasteiger partial charge on any atom is 0.345 e. The molecule has 1 saturated heterocycles. The topological polar surface area (TPSA) is 60.1 Å². The molecule has 2 aromatic heterocycles. The van der Waals surface area contributed by atoms with E-state index in [0.717, 1.165) is 50.2 Å². The second kappa shape index (κ2) is 5.63. The first-order valence-corrected chi connectivity index (χ1v) is 9.06. The molecule has 23 heavy (non-hydrogen) atoms. The van der Waals surface area contributed by atoms with E-state index in [1.165, 1.54) is 4.68 Å². The maximum absolute atomic E-state index is 12.4. The quantitative estimate of drug-likeness (QED) is 0.864. The predicted octanol–water partition coefficient (Wildman–Crippen LogP) is 2.00. The highest BCUT2D eigenvalue weighted by Crippen LogP contribution is 2.37. The van der Waals surface area contributed by atoms with Crippen LogP contribution in [-0.2, 0) is 7.05 Å². The van der Waals surface area contributed by atoms with Gasteiger partial charge in [0, 0.05) is 37.5 Å². The average molecular weight is 332 g/mol. The normalized spacial score (nSPS) is 19.3. The van der Waals surface area contributed by atoms with E-state index < -0.39 is 0 Å². The van der Waals surface area contributed by atoms with Crippen molar-refractivity contribution in [1.29, 1.82) is 0 Å². The molecule has 1 saturated carbocycles. The average Bonchev–Trinajstić information content (AvgIpc) is 3.16. The number of aromatic nitrogens is 3. The molecular weight excluding hydrogens is 312 g/mol. The molecule has 0 bridgehead atoms. The van der Waals surface area contributed by atoms with Gasteiger partial charge in [0.2, 0.25) is 0 Å². The van der Waals surface area contributed by atoms with Gasteiger partial charge in [0.05, 0.1) is 5.56 Å². The SMILES string of the molecule is Cn1nc(C2CCN(C(=O)c3ccsc3)CC2)n(C2CC2)c1=O. The number of carbonyl (C=O) groups excluding carboxylic acids is 1. The lowest BCUT2D eigenvalue weighted by Crippen LogP contribution is -2.38. The Labute approximate surface area is 138 Å². The van der Waals surface area contributed by atoms with E-state index in [0.29, 0.717) is 6.04 Å². The smallest absolute Gasteiger partial charge is 0.339 e. The number of thiophene rings is 1. The highest BCUT2D eigenvalue weighted by atomic mass is 32.1. The lowest BCUT2D eigenvalue weighted by molar-refractivity contribution is 0.0710. The number of carbonyl (C=O) groups is 1. The lowest BCUT2D eigenvalue weighted by Gasteiger charge is -2.31. The monoisotopic (exact) mass is 332 g/mol. The Morgan fingerprint density at radius 3 is 2.61 bits per heavy atom. The number of nitrogens with zero attached hydrogens (tertiary/aromatic N) is 4. The summed E-state index contributed by atoms with van der Waals surface area (Å²) in [7, 11) is 1.72. The van der Waals surface area contributed by atoms with Crippen molar-refractivity contribution in [3.8, 4) is 0 Å². The molecule has 0 aromatic carbocycles. The van der Waals surface area contributed by atoms with Crippen LogP contribution in [0, 0.1) is 0 Å². The zero-order valence-electron chi connectivity index (χ0n) is 13.1. The molecule has 2 fully saturated rings. The van der Waals surface area contributed by atoms with E-state index in [1.807, 2.05) is 26.3 Å². The van der Waals surface area contributed by atoms with Gasteiger partial charge in [-0.15, -0.1) is 0 Å². The standard InChI is InChI=1S/C16H20N4O2S/c1-18-16(22)20(13-2-3-13)14(17-18)11-4-7-19(8-5-11)15(21)12-6-9-23-10-12/h6,9-11,13H,2-5,7-8H2,1H3. The van der Waals surface area contributed by atoms with Crippen molar-refractivity contribution in [3.63, 3.8) is 0 Å². The Bertz CT molecular complexity index is 765. The summed E-state index contributed by atoms with van der Waals surface area (Å²) in [5, 5.41) is 8.31. The van der Waals surface area contributed by atoms with Gasteiger partial charge >= 0.3 is 5.69 Å². The van der Waals surface area contributed by atoms with Gasteiger partial charge in [0.15, 0.2) is 0 Å². The zero-order chi connectivity index (χ0) is 16.0. The molecule has 0 atom stereocenters. The summed E-state index contributed by atoms with van der Waals surface area (Å²) >= 11 is 1.55. The minimum atomic E-state index is -0.000667. The first kappa shape index (κ1) is 14.7. The number of hydrogen-bond acceptors (Lipinski definition) is 4. The van der Waals surface area contributed by atoms with Gasteiger partial charge in [0.1, 0.15) is 5.82 Å². The van der Waals surface area contributed by atoms with Crippen molar-refractivity contribution >= 4 is 17.2 Å². The lowest BCUT2D eigenvalue weighted by atomic mass is 9.95. The second-order valence-electron chi connectivity index (χ2n) is 6.44. The van der Waals surface area contributed by atoms with Crippen LogP contribution in [-0.4, -0.2) is 38.2 Å². The summed E-state index contributed by atoms with van der Waals surface area (Å²) in [5.74, 6) is 1.31. The Hall–Kier alpha value is -1.89. The molecule has 3 heterocycles. The van der Waals surface area contributed by atoms with Gasteiger partial charge in [-0.25, -0.2) is 9.48 Å². The molecule has 2 aliphatic rings. The van der Waals surface area contributed by atoms with E-state index in [1.54, 1.807) is 18.4 Å². The van der Waals surface area contributed by atoms with Gasteiger partial charge < -0.3 is 4.90 Å². The number of hydrogen-bond donors (Lipinski definition) is 0. The molecule has 1 aliphatic heterocycles.